The van der Waals surface area contributed by atoms with Crippen LogP contribution >= 0.6 is 7.92 Å². The molecule has 5 aromatic rings. The molecule has 0 N–H and O–H groups in total. The molecule has 2 nitrogen and oxygen atoms in total. The van der Waals surface area contributed by atoms with Crippen LogP contribution in [0.4, 0.5) is 0 Å². The third-order valence-electron chi connectivity index (χ3n) is 4.30. The first-order valence-corrected chi connectivity index (χ1v) is 11.8. The zero-order valence-electron chi connectivity index (χ0n) is 19.1. The van der Waals surface area contributed by atoms with Crippen LogP contribution in [0.25, 0.3) is 0 Å². The number of rotatable bonds is 3. The molecule has 0 saturated carbocycles. The van der Waals surface area contributed by atoms with E-state index in [-0.39, 0.29) is 39.0 Å². The molecule has 5 heteroatoms. The van der Waals surface area contributed by atoms with Crippen molar-refractivity contribution in [3.8, 4) is 0 Å². The summed E-state index contributed by atoms with van der Waals surface area (Å²) in [5.41, 5.74) is 0. The molecule has 186 valence electrons. The monoisotopic (exact) mass is 657 g/mol. The second-order valence-corrected chi connectivity index (χ2v) is 8.88. The summed E-state index contributed by atoms with van der Waals surface area (Å²) in [6.45, 7) is 6.50. The van der Waals surface area contributed by atoms with E-state index >= 15 is 0 Å². The summed E-state index contributed by atoms with van der Waals surface area (Å²) in [5.74, 6) is 0. The van der Waals surface area contributed by atoms with Gasteiger partial charge in [-0.15, -0.1) is 0 Å². The van der Waals surface area contributed by atoms with Crippen molar-refractivity contribution in [2.45, 2.75) is 0 Å². The summed E-state index contributed by atoms with van der Waals surface area (Å²) in [7, 11) is -0.877. The average molecular weight is 657 g/mol. The molecule has 5 aromatic carbocycles. The van der Waals surface area contributed by atoms with Crippen molar-refractivity contribution in [3.05, 3.63) is 152 Å². The van der Waals surface area contributed by atoms with Gasteiger partial charge >= 0.3 is 0 Å². The van der Waals surface area contributed by atoms with Gasteiger partial charge in [0.1, 0.15) is 15.9 Å². The minimum Gasteiger partial charge on any atom is -0.545 e. The van der Waals surface area contributed by atoms with Crippen LogP contribution in [-0.4, -0.2) is 13.6 Å². The molecule has 0 aliphatic carbocycles. The number of carbonyl (C=O) groups excluding carboxylic acids is 2. The summed E-state index contributed by atoms with van der Waals surface area (Å²) < 4.78 is 0. The molecular formula is C30H28O2PRh2-3. The van der Waals surface area contributed by atoms with Gasteiger partial charge in [0.25, 0.3) is 0 Å². The van der Waals surface area contributed by atoms with Gasteiger partial charge in [0.05, 0.1) is 7.92 Å². The van der Waals surface area contributed by atoms with Gasteiger partial charge in [-0.1, -0.05) is 54.6 Å². The van der Waals surface area contributed by atoms with E-state index in [9.17, 15) is 0 Å². The predicted octanol–water partition coefficient (Wildman–Crippen LogP) is 5.43. The molecule has 2 radical (unpaired) electrons. The van der Waals surface area contributed by atoms with E-state index < -0.39 is 7.92 Å². The van der Waals surface area contributed by atoms with Crippen LogP contribution in [0, 0.1) is 0 Å². The van der Waals surface area contributed by atoms with Crippen LogP contribution in [0.5, 0.6) is 0 Å². The Bertz CT molecular complexity index is 867. The van der Waals surface area contributed by atoms with Crippen molar-refractivity contribution in [1.29, 1.82) is 0 Å². The normalized spacial score (nSPS) is 8.26. The summed E-state index contributed by atoms with van der Waals surface area (Å²) >= 11 is 0. The molecule has 0 aliphatic heterocycles. The van der Waals surface area contributed by atoms with Gasteiger partial charge < -0.3 is 9.59 Å². The number of benzene rings is 3. The Morgan fingerprint density at radius 3 is 0.800 bits per heavy atom. The Morgan fingerprint density at radius 2 is 0.629 bits per heavy atom. The quantitative estimate of drug-likeness (QED) is 0.112. The molecular weight excluding hydrogens is 629 g/mol. The maximum absolute atomic E-state index is 7.75. The Morgan fingerprint density at radius 1 is 0.400 bits per heavy atom. The largest absolute Gasteiger partial charge is 0.545 e. The maximum Gasteiger partial charge on any atom is 0.102 e. The molecule has 0 spiro atoms. The van der Waals surface area contributed by atoms with E-state index in [1.807, 2.05) is 60.7 Å². The van der Waals surface area contributed by atoms with E-state index in [0.29, 0.717) is 0 Å². The van der Waals surface area contributed by atoms with Crippen molar-refractivity contribution in [1.82, 2.24) is 0 Å². The van der Waals surface area contributed by atoms with Gasteiger partial charge in [0, 0.05) is 39.0 Å². The molecule has 0 atom stereocenters. The van der Waals surface area contributed by atoms with Crippen molar-refractivity contribution in [2.75, 3.05) is 0 Å². The molecule has 0 amide bonds. The molecule has 0 aromatic heterocycles. The van der Waals surface area contributed by atoms with Crippen molar-refractivity contribution < 1.29 is 48.5 Å². The van der Waals surface area contributed by atoms with Crippen LogP contribution in [0.15, 0.2) is 152 Å². The third-order valence-corrected chi connectivity index (χ3v) is 7.03. The molecule has 35 heavy (non-hydrogen) atoms. The minimum atomic E-state index is -0.877. The Hall–Kier alpha value is -2.62. The maximum atomic E-state index is 7.75. The first-order chi connectivity index (χ1) is 16.4. The van der Waals surface area contributed by atoms with Crippen LogP contribution < -0.4 is 15.9 Å². The van der Waals surface area contributed by atoms with Crippen molar-refractivity contribution in [2.24, 2.45) is 0 Å². The van der Waals surface area contributed by atoms with Crippen LogP contribution in [0.3, 0.4) is 0 Å². The molecule has 0 saturated heterocycles. The Balaban J connectivity index is 0. The SMILES string of the molecule is [CH-]=O.[CH-]=O.[Rh].[Rh].c1cc[cH-]c1.c1cc[cH-]c1.c1ccc([PH+](c2ccccc2)c2ccccc2)cc1. The van der Waals surface area contributed by atoms with Crippen molar-refractivity contribution in [3.63, 3.8) is 0 Å². The van der Waals surface area contributed by atoms with Crippen LogP contribution in [-0.2, 0) is 48.5 Å². The zero-order chi connectivity index (χ0) is 24.0. The molecule has 0 aliphatic rings. The molecule has 5 rings (SSSR count). The van der Waals surface area contributed by atoms with Gasteiger partial charge in [-0.2, -0.15) is 36.4 Å². The first-order valence-electron chi connectivity index (χ1n) is 10.3. The minimum absolute atomic E-state index is 0. The smallest absolute Gasteiger partial charge is 0.102 e. The standard InChI is InChI=1S/C18H15P.2C5H5.2CHO.2Rh/c1-4-10-16(11-5-1)19(17-12-6-2-7-13-17)18-14-8-3-9-15-18;2*1-2-4-5-3-1;2*1-2;;/h1-15H;2*1-5H;2*1H;;/q;4*-1;;/p+1. The fourth-order valence-corrected chi connectivity index (χ4v) is 5.53. The van der Waals surface area contributed by atoms with Gasteiger partial charge in [0.15, 0.2) is 0 Å². The van der Waals surface area contributed by atoms with Gasteiger partial charge in [-0.05, 0) is 36.4 Å². The average Bonchev–Trinajstić information content (AvgIpc) is 3.69. The second kappa shape index (κ2) is 24.5. The summed E-state index contributed by atoms with van der Waals surface area (Å²) in [6.07, 6.45) is 0. The van der Waals surface area contributed by atoms with Gasteiger partial charge in [0.2, 0.25) is 0 Å². The zero-order valence-corrected chi connectivity index (χ0v) is 23.3. The van der Waals surface area contributed by atoms with E-state index in [2.05, 4.69) is 105 Å². The molecule has 0 heterocycles. The van der Waals surface area contributed by atoms with Gasteiger partial charge in [-0.25, -0.2) is 24.3 Å². The third kappa shape index (κ3) is 14.4. The van der Waals surface area contributed by atoms with E-state index in [0.717, 1.165) is 0 Å². The summed E-state index contributed by atoms with van der Waals surface area (Å²) in [5, 5.41) is 4.31. The molecule has 0 bridgehead atoms. The van der Waals surface area contributed by atoms with Crippen LogP contribution in [0.2, 0.25) is 0 Å². The Labute approximate surface area is 236 Å². The fraction of sp³-hybridized carbons (Fsp3) is 0. The predicted molar refractivity (Wildman–Crippen MR) is 144 cm³/mol. The fourth-order valence-electron chi connectivity index (χ4n) is 2.96. The first kappa shape index (κ1) is 34.5. The summed E-state index contributed by atoms with van der Waals surface area (Å²) in [6, 6.07) is 52.5. The molecule has 0 fully saturated rings. The van der Waals surface area contributed by atoms with Crippen LogP contribution in [0.1, 0.15) is 0 Å². The summed E-state index contributed by atoms with van der Waals surface area (Å²) in [4.78, 5) is 15.5. The second-order valence-electron chi connectivity index (χ2n) is 6.40. The van der Waals surface area contributed by atoms with E-state index in [4.69, 9.17) is 9.59 Å². The van der Waals surface area contributed by atoms with Crippen molar-refractivity contribution >= 4 is 37.4 Å². The number of hydrogen-bond donors (Lipinski definition) is 0. The number of hydrogen-bond acceptors (Lipinski definition) is 2. The Kier molecular flexibility index (Phi) is 24.2. The topological polar surface area (TPSA) is 34.1 Å². The van der Waals surface area contributed by atoms with Gasteiger partial charge in [-0.3, -0.25) is 13.6 Å². The van der Waals surface area contributed by atoms with E-state index in [1.165, 1.54) is 15.9 Å². The molecule has 0 unspecified atom stereocenters. The van der Waals surface area contributed by atoms with E-state index in [1.54, 1.807) is 0 Å².